The van der Waals surface area contributed by atoms with Gasteiger partial charge in [-0.15, -0.1) is 0 Å². The molecule has 0 spiro atoms. The van der Waals surface area contributed by atoms with Crippen molar-refractivity contribution >= 4 is 17.8 Å². The normalized spacial score (nSPS) is 16.1. The molecule has 9 heteroatoms. The molecule has 1 atom stereocenters. The highest BCUT2D eigenvalue weighted by molar-refractivity contribution is 5.79. The van der Waals surface area contributed by atoms with Crippen LogP contribution in [0.5, 0.6) is 11.5 Å². The summed E-state index contributed by atoms with van der Waals surface area (Å²) in [5.41, 5.74) is 8.61. The number of fused-ring (bicyclic) bond motifs is 1. The molecule has 2 aliphatic rings. The van der Waals surface area contributed by atoms with Crippen molar-refractivity contribution in [3.8, 4) is 11.5 Å². The zero-order chi connectivity index (χ0) is 28.5. The Balaban J connectivity index is 1.37. The van der Waals surface area contributed by atoms with E-state index in [-0.39, 0.29) is 18.7 Å². The number of hydrogen-bond acceptors (Lipinski definition) is 6. The highest BCUT2D eigenvalue weighted by atomic mass is 16.6. The molecule has 2 heterocycles. The number of nitrogens with one attached hydrogen (secondary N) is 2. The van der Waals surface area contributed by atoms with Crippen LogP contribution in [0.15, 0.2) is 42.5 Å². The second-order valence-corrected chi connectivity index (χ2v) is 10.5. The summed E-state index contributed by atoms with van der Waals surface area (Å²) in [6, 6.07) is 13.3. The van der Waals surface area contributed by atoms with Crippen LogP contribution in [0.25, 0.3) is 0 Å². The van der Waals surface area contributed by atoms with E-state index in [1.807, 2.05) is 47.4 Å². The SMILES string of the molecule is CCCCCC(=N)N1CCC(Oc2ccc(C(Oc3ccc4c(c3)CN(C(=N)N)CC4)C(=O)OCC)cc2)CC1. The summed E-state index contributed by atoms with van der Waals surface area (Å²) in [6.45, 7) is 7.16. The molecular formula is C31H43N5O4. The number of nitrogens with zero attached hydrogens (tertiary/aromatic N) is 2. The molecule has 4 N–H and O–H groups in total. The summed E-state index contributed by atoms with van der Waals surface area (Å²) in [5.74, 6) is 1.66. The van der Waals surface area contributed by atoms with E-state index >= 15 is 0 Å². The molecule has 2 aliphatic heterocycles. The quantitative estimate of drug-likeness (QED) is 0.156. The minimum Gasteiger partial charge on any atom is -0.490 e. The molecule has 1 fully saturated rings. The molecule has 0 amide bonds. The number of likely N-dealkylation sites (tertiary alicyclic amines) is 1. The lowest BCUT2D eigenvalue weighted by molar-refractivity contribution is -0.151. The molecule has 0 aromatic heterocycles. The fourth-order valence-electron chi connectivity index (χ4n) is 5.28. The number of carbonyl (C=O) groups is 1. The molecule has 0 bridgehead atoms. The number of nitrogens with two attached hydrogens (primary N) is 1. The first kappa shape index (κ1) is 29.2. The van der Waals surface area contributed by atoms with Crippen LogP contribution in [-0.2, 0) is 22.5 Å². The van der Waals surface area contributed by atoms with Crippen molar-refractivity contribution in [2.75, 3.05) is 26.2 Å². The van der Waals surface area contributed by atoms with Crippen molar-refractivity contribution in [2.24, 2.45) is 5.73 Å². The molecular weight excluding hydrogens is 506 g/mol. The minimum absolute atomic E-state index is 0.0520. The minimum atomic E-state index is -0.915. The summed E-state index contributed by atoms with van der Waals surface area (Å²) >= 11 is 0. The van der Waals surface area contributed by atoms with Gasteiger partial charge in [-0.3, -0.25) is 10.8 Å². The number of benzene rings is 2. The van der Waals surface area contributed by atoms with Crippen molar-refractivity contribution in [2.45, 2.75) is 77.5 Å². The zero-order valence-corrected chi connectivity index (χ0v) is 23.8. The third kappa shape index (κ3) is 7.67. The van der Waals surface area contributed by atoms with Crippen molar-refractivity contribution < 1.29 is 19.0 Å². The van der Waals surface area contributed by atoms with Crippen LogP contribution in [0, 0.1) is 10.8 Å². The average molecular weight is 550 g/mol. The smallest absolute Gasteiger partial charge is 0.352 e. The van der Waals surface area contributed by atoms with E-state index in [0.717, 1.165) is 62.3 Å². The van der Waals surface area contributed by atoms with Crippen LogP contribution in [0.1, 0.15) is 75.2 Å². The zero-order valence-electron chi connectivity index (χ0n) is 23.8. The van der Waals surface area contributed by atoms with Gasteiger partial charge in [0, 0.05) is 51.0 Å². The molecule has 216 valence electrons. The van der Waals surface area contributed by atoms with Gasteiger partial charge in [0.1, 0.15) is 17.6 Å². The van der Waals surface area contributed by atoms with Crippen LogP contribution in [0.2, 0.25) is 0 Å². The fraction of sp³-hybridized carbons (Fsp3) is 0.516. The van der Waals surface area contributed by atoms with E-state index in [9.17, 15) is 4.79 Å². The number of rotatable bonds is 11. The molecule has 40 heavy (non-hydrogen) atoms. The molecule has 0 radical (unpaired) electrons. The van der Waals surface area contributed by atoms with E-state index in [1.54, 1.807) is 6.92 Å². The van der Waals surface area contributed by atoms with E-state index < -0.39 is 12.1 Å². The number of carbonyl (C=O) groups excluding carboxylic acids is 1. The van der Waals surface area contributed by atoms with E-state index in [4.69, 9.17) is 30.8 Å². The summed E-state index contributed by atoms with van der Waals surface area (Å²) in [5, 5.41) is 16.1. The van der Waals surface area contributed by atoms with E-state index in [1.165, 1.54) is 18.4 Å². The highest BCUT2D eigenvalue weighted by Gasteiger charge is 2.26. The van der Waals surface area contributed by atoms with Crippen LogP contribution >= 0.6 is 0 Å². The lowest BCUT2D eigenvalue weighted by atomic mass is 9.99. The van der Waals surface area contributed by atoms with Gasteiger partial charge in [0.25, 0.3) is 0 Å². The molecule has 4 rings (SSSR count). The maximum Gasteiger partial charge on any atom is 0.352 e. The predicted octanol–water partition coefficient (Wildman–Crippen LogP) is 5.02. The number of ether oxygens (including phenoxy) is 3. The summed E-state index contributed by atoms with van der Waals surface area (Å²) in [7, 11) is 0. The third-order valence-corrected chi connectivity index (χ3v) is 7.61. The molecule has 9 nitrogen and oxygen atoms in total. The van der Waals surface area contributed by atoms with Crippen LogP contribution < -0.4 is 15.2 Å². The van der Waals surface area contributed by atoms with Gasteiger partial charge in [0.05, 0.1) is 12.4 Å². The van der Waals surface area contributed by atoms with Crippen LogP contribution in [0.4, 0.5) is 0 Å². The van der Waals surface area contributed by atoms with Crippen LogP contribution in [-0.4, -0.2) is 59.9 Å². The second kappa shape index (κ2) is 14.1. The molecule has 2 aromatic rings. The largest absolute Gasteiger partial charge is 0.490 e. The monoisotopic (exact) mass is 549 g/mol. The summed E-state index contributed by atoms with van der Waals surface area (Å²) < 4.78 is 17.8. The molecule has 2 aromatic carbocycles. The summed E-state index contributed by atoms with van der Waals surface area (Å²) in [4.78, 5) is 16.9. The Hall–Kier alpha value is -3.75. The average Bonchev–Trinajstić information content (AvgIpc) is 2.96. The van der Waals surface area contributed by atoms with Gasteiger partial charge >= 0.3 is 5.97 Å². The van der Waals surface area contributed by atoms with Gasteiger partial charge in [-0.25, -0.2) is 4.79 Å². The standard InChI is InChI=1S/C31H43N5O4/c1-3-5-6-7-28(32)35-18-15-26(16-19-35)39-25-11-9-23(10-12-25)29(30(37)38-4-2)40-27-13-8-22-14-17-36(31(33)34)21-24(22)20-27/h8-13,20,26,29,32H,3-7,14-19,21H2,1-2H3,(H3,33,34). The van der Waals surface area contributed by atoms with Gasteiger partial charge in [-0.05, 0) is 55.2 Å². The third-order valence-electron chi connectivity index (χ3n) is 7.61. The molecule has 1 unspecified atom stereocenters. The van der Waals surface area contributed by atoms with Crippen molar-refractivity contribution in [3.05, 3.63) is 59.2 Å². The van der Waals surface area contributed by atoms with Gasteiger partial charge < -0.3 is 29.7 Å². The van der Waals surface area contributed by atoms with Crippen molar-refractivity contribution in [3.63, 3.8) is 0 Å². The van der Waals surface area contributed by atoms with Crippen LogP contribution in [0.3, 0.4) is 0 Å². The van der Waals surface area contributed by atoms with Gasteiger partial charge in [-0.1, -0.05) is 38.0 Å². The second-order valence-electron chi connectivity index (χ2n) is 10.5. The number of unbranched alkanes of at least 4 members (excludes halogenated alkanes) is 2. The van der Waals surface area contributed by atoms with E-state index in [2.05, 4.69) is 11.8 Å². The fourth-order valence-corrected chi connectivity index (χ4v) is 5.28. The Bertz CT molecular complexity index is 1160. The van der Waals surface area contributed by atoms with Crippen molar-refractivity contribution in [1.82, 2.24) is 9.80 Å². The molecule has 1 saturated heterocycles. The highest BCUT2D eigenvalue weighted by Crippen LogP contribution is 2.30. The Labute approximate surface area is 237 Å². The number of guanidine groups is 1. The summed E-state index contributed by atoms with van der Waals surface area (Å²) in [6.07, 6.45) is 6.04. The first-order valence-electron chi connectivity index (χ1n) is 14.5. The lowest BCUT2D eigenvalue weighted by Gasteiger charge is -2.34. The Morgan fingerprint density at radius 2 is 1.70 bits per heavy atom. The Morgan fingerprint density at radius 3 is 2.38 bits per heavy atom. The predicted molar refractivity (Wildman–Crippen MR) is 156 cm³/mol. The maximum absolute atomic E-state index is 12.9. The Morgan fingerprint density at radius 1 is 0.975 bits per heavy atom. The molecule has 0 saturated carbocycles. The number of amidine groups is 1. The van der Waals surface area contributed by atoms with Gasteiger partial charge in [-0.2, -0.15) is 0 Å². The number of piperidine rings is 1. The molecule has 0 aliphatic carbocycles. The first-order valence-corrected chi connectivity index (χ1v) is 14.5. The first-order chi connectivity index (χ1) is 19.4. The number of esters is 1. The van der Waals surface area contributed by atoms with Gasteiger partial charge in [0.15, 0.2) is 5.96 Å². The van der Waals surface area contributed by atoms with E-state index in [0.29, 0.717) is 24.4 Å². The van der Waals surface area contributed by atoms with Gasteiger partial charge in [0.2, 0.25) is 6.10 Å². The number of hydrogen-bond donors (Lipinski definition) is 3. The lowest BCUT2D eigenvalue weighted by Crippen LogP contribution is -2.41. The Kier molecular flexibility index (Phi) is 10.3. The topological polar surface area (TPSA) is 125 Å². The maximum atomic E-state index is 12.9. The van der Waals surface area contributed by atoms with Crippen molar-refractivity contribution in [1.29, 1.82) is 10.8 Å².